The van der Waals surface area contributed by atoms with E-state index in [9.17, 15) is 0 Å². The van der Waals surface area contributed by atoms with Crippen molar-refractivity contribution in [2.24, 2.45) is 11.7 Å². The zero-order chi connectivity index (χ0) is 13.8. The number of aromatic nitrogens is 1. The second-order valence-electron chi connectivity index (χ2n) is 4.94. The maximum absolute atomic E-state index is 5.69. The van der Waals surface area contributed by atoms with Gasteiger partial charge in [0.25, 0.3) is 0 Å². The first-order chi connectivity index (χ1) is 9.15. The molecule has 1 aromatic heterocycles. The number of hydrogen-bond acceptors (Lipinski definition) is 4. The van der Waals surface area contributed by atoms with E-state index in [1.807, 2.05) is 31.4 Å². The Balaban J connectivity index is 2.41. The molecule has 1 unspecified atom stereocenters. The van der Waals surface area contributed by atoms with Crippen molar-refractivity contribution in [1.29, 1.82) is 0 Å². The van der Waals surface area contributed by atoms with Crippen LogP contribution in [0.5, 0.6) is 5.75 Å². The zero-order valence-corrected chi connectivity index (χ0v) is 11.8. The van der Waals surface area contributed by atoms with Gasteiger partial charge >= 0.3 is 0 Å². The molecule has 102 valence electrons. The van der Waals surface area contributed by atoms with Crippen molar-refractivity contribution in [3.05, 3.63) is 30.5 Å². The van der Waals surface area contributed by atoms with Crippen molar-refractivity contribution in [3.63, 3.8) is 0 Å². The Morgan fingerprint density at radius 2 is 2.16 bits per heavy atom. The summed E-state index contributed by atoms with van der Waals surface area (Å²) < 4.78 is 5.29. The molecule has 4 nitrogen and oxygen atoms in total. The molecule has 0 saturated heterocycles. The van der Waals surface area contributed by atoms with E-state index in [-0.39, 0.29) is 0 Å². The number of nitrogens with two attached hydrogens (primary N) is 1. The average molecular weight is 259 g/mol. The Labute approximate surface area is 114 Å². The van der Waals surface area contributed by atoms with E-state index in [0.717, 1.165) is 28.9 Å². The summed E-state index contributed by atoms with van der Waals surface area (Å²) in [4.78, 5) is 6.65. The standard InChI is InChI=1S/C15H21N3O/c1-11(9-16)10-18(2)15-14-8-13(19-3)5-4-12(14)6-7-17-15/h4-8,11H,9-10,16H2,1-3H3. The molecule has 0 amide bonds. The highest BCUT2D eigenvalue weighted by Gasteiger charge is 2.11. The number of methoxy groups -OCH3 is 1. The van der Waals surface area contributed by atoms with Crippen molar-refractivity contribution >= 4 is 16.6 Å². The number of hydrogen-bond donors (Lipinski definition) is 1. The summed E-state index contributed by atoms with van der Waals surface area (Å²) in [6.45, 7) is 3.71. The third-order valence-electron chi connectivity index (χ3n) is 3.30. The summed E-state index contributed by atoms with van der Waals surface area (Å²) >= 11 is 0. The first-order valence-corrected chi connectivity index (χ1v) is 6.49. The average Bonchev–Trinajstić information content (AvgIpc) is 2.45. The van der Waals surface area contributed by atoms with Crippen LogP contribution in [0.1, 0.15) is 6.92 Å². The summed E-state index contributed by atoms with van der Waals surface area (Å²) in [7, 11) is 3.73. The molecule has 1 atom stereocenters. The quantitative estimate of drug-likeness (QED) is 0.895. The molecule has 1 heterocycles. The molecule has 0 aliphatic carbocycles. The summed E-state index contributed by atoms with van der Waals surface area (Å²) in [6, 6.07) is 8.06. The molecule has 19 heavy (non-hydrogen) atoms. The van der Waals surface area contributed by atoms with Crippen LogP contribution < -0.4 is 15.4 Å². The highest BCUT2D eigenvalue weighted by molar-refractivity contribution is 5.93. The molecule has 0 radical (unpaired) electrons. The molecule has 0 spiro atoms. The summed E-state index contributed by atoms with van der Waals surface area (Å²) in [5, 5.41) is 2.27. The highest BCUT2D eigenvalue weighted by atomic mass is 16.5. The number of rotatable bonds is 5. The molecule has 2 rings (SSSR count). The summed E-state index contributed by atoms with van der Waals surface area (Å²) in [5.74, 6) is 2.26. The smallest absolute Gasteiger partial charge is 0.136 e. The van der Waals surface area contributed by atoms with Crippen LogP contribution in [-0.4, -0.2) is 32.2 Å². The van der Waals surface area contributed by atoms with Crippen molar-refractivity contribution < 1.29 is 4.74 Å². The van der Waals surface area contributed by atoms with Crippen molar-refractivity contribution in [3.8, 4) is 5.75 Å². The summed E-state index contributed by atoms with van der Waals surface area (Å²) in [6.07, 6.45) is 1.84. The second kappa shape index (κ2) is 5.89. The highest BCUT2D eigenvalue weighted by Crippen LogP contribution is 2.27. The van der Waals surface area contributed by atoms with Gasteiger partial charge < -0.3 is 15.4 Å². The van der Waals surface area contributed by atoms with E-state index in [4.69, 9.17) is 10.5 Å². The van der Waals surface area contributed by atoms with Crippen LogP contribution in [0.15, 0.2) is 30.5 Å². The minimum Gasteiger partial charge on any atom is -0.497 e. The van der Waals surface area contributed by atoms with Gasteiger partial charge in [-0.3, -0.25) is 0 Å². The molecular formula is C15H21N3O. The molecule has 4 heteroatoms. The lowest BCUT2D eigenvalue weighted by Crippen LogP contribution is -2.28. The van der Waals surface area contributed by atoms with Gasteiger partial charge in [-0.2, -0.15) is 0 Å². The van der Waals surface area contributed by atoms with Crippen molar-refractivity contribution in [2.45, 2.75) is 6.92 Å². The van der Waals surface area contributed by atoms with Gasteiger partial charge in [0.2, 0.25) is 0 Å². The minimum absolute atomic E-state index is 0.438. The Morgan fingerprint density at radius 1 is 1.37 bits per heavy atom. The van der Waals surface area contributed by atoms with Gasteiger partial charge in [0.1, 0.15) is 11.6 Å². The maximum atomic E-state index is 5.69. The lowest BCUT2D eigenvalue weighted by atomic mass is 10.1. The van der Waals surface area contributed by atoms with Crippen molar-refractivity contribution in [1.82, 2.24) is 4.98 Å². The normalized spacial score (nSPS) is 12.4. The molecular weight excluding hydrogens is 238 g/mol. The monoisotopic (exact) mass is 259 g/mol. The maximum Gasteiger partial charge on any atom is 0.136 e. The van der Waals surface area contributed by atoms with Gasteiger partial charge in [-0.05, 0) is 36.0 Å². The predicted octanol–water partition coefficient (Wildman–Crippen LogP) is 2.27. The van der Waals surface area contributed by atoms with Gasteiger partial charge in [-0.25, -0.2) is 4.98 Å². The lowest BCUT2D eigenvalue weighted by Gasteiger charge is -2.23. The fourth-order valence-electron chi connectivity index (χ4n) is 2.19. The molecule has 0 saturated carbocycles. The van der Waals surface area contributed by atoms with Crippen LogP contribution in [0.4, 0.5) is 5.82 Å². The second-order valence-corrected chi connectivity index (χ2v) is 4.94. The SMILES string of the molecule is COc1ccc2ccnc(N(C)CC(C)CN)c2c1. The number of ether oxygens (including phenoxy) is 1. The zero-order valence-electron chi connectivity index (χ0n) is 11.8. The van der Waals surface area contributed by atoms with Gasteiger partial charge in [-0.15, -0.1) is 0 Å². The molecule has 0 fully saturated rings. The van der Waals surface area contributed by atoms with Crippen LogP contribution >= 0.6 is 0 Å². The molecule has 0 aliphatic heterocycles. The van der Waals surface area contributed by atoms with E-state index < -0.39 is 0 Å². The molecule has 0 bridgehead atoms. The van der Waals surface area contributed by atoms with Crippen LogP contribution in [0, 0.1) is 5.92 Å². The fourth-order valence-corrected chi connectivity index (χ4v) is 2.19. The van der Waals surface area contributed by atoms with E-state index >= 15 is 0 Å². The van der Waals surface area contributed by atoms with Crippen LogP contribution in [0.3, 0.4) is 0 Å². The van der Waals surface area contributed by atoms with Gasteiger partial charge in [0.05, 0.1) is 7.11 Å². The Morgan fingerprint density at radius 3 is 2.84 bits per heavy atom. The first kappa shape index (κ1) is 13.6. The topological polar surface area (TPSA) is 51.4 Å². The Kier molecular flexibility index (Phi) is 4.22. The van der Waals surface area contributed by atoms with E-state index in [0.29, 0.717) is 12.5 Å². The predicted molar refractivity (Wildman–Crippen MR) is 79.8 cm³/mol. The van der Waals surface area contributed by atoms with E-state index in [1.165, 1.54) is 0 Å². The number of pyridine rings is 1. The third kappa shape index (κ3) is 2.96. The van der Waals surface area contributed by atoms with E-state index in [1.54, 1.807) is 7.11 Å². The van der Waals surface area contributed by atoms with Gasteiger partial charge in [0, 0.05) is 25.2 Å². The van der Waals surface area contributed by atoms with Gasteiger partial charge in [0.15, 0.2) is 0 Å². The van der Waals surface area contributed by atoms with E-state index in [2.05, 4.69) is 22.9 Å². The van der Waals surface area contributed by atoms with Crippen LogP contribution in [0.25, 0.3) is 10.8 Å². The van der Waals surface area contributed by atoms with Crippen LogP contribution in [-0.2, 0) is 0 Å². The first-order valence-electron chi connectivity index (χ1n) is 6.49. The Hall–Kier alpha value is -1.81. The number of fused-ring (bicyclic) bond motifs is 1. The summed E-state index contributed by atoms with van der Waals surface area (Å²) in [5.41, 5.74) is 5.69. The lowest BCUT2D eigenvalue weighted by molar-refractivity contribution is 0.415. The largest absolute Gasteiger partial charge is 0.497 e. The van der Waals surface area contributed by atoms with Gasteiger partial charge in [-0.1, -0.05) is 13.0 Å². The number of anilines is 1. The molecule has 2 aromatic rings. The number of benzene rings is 1. The minimum atomic E-state index is 0.438. The fraction of sp³-hybridized carbons (Fsp3) is 0.400. The molecule has 1 aromatic carbocycles. The third-order valence-corrected chi connectivity index (χ3v) is 3.30. The van der Waals surface area contributed by atoms with Crippen molar-refractivity contribution in [2.75, 3.05) is 32.1 Å². The van der Waals surface area contributed by atoms with Crippen LogP contribution in [0.2, 0.25) is 0 Å². The number of nitrogens with zero attached hydrogens (tertiary/aromatic N) is 2. The Bertz CT molecular complexity index is 556. The molecule has 2 N–H and O–H groups in total. The molecule has 0 aliphatic rings.